The molecule has 13 heteroatoms. The number of nitrogens with one attached hydrogen (secondary N) is 3. The van der Waals surface area contributed by atoms with E-state index in [0.717, 1.165) is 73.5 Å². The van der Waals surface area contributed by atoms with Gasteiger partial charge in [-0.05, 0) is 124 Å². The lowest BCUT2D eigenvalue weighted by Crippen LogP contribution is -2.49. The molecule has 4 bridgehead atoms. The maximum absolute atomic E-state index is 13.4. The minimum absolute atomic E-state index is 0.0254. The van der Waals surface area contributed by atoms with Crippen molar-refractivity contribution in [3.63, 3.8) is 0 Å². The highest BCUT2D eigenvalue weighted by Gasteiger charge is 2.51. The molecule has 2 amide bonds. The lowest BCUT2D eigenvalue weighted by molar-refractivity contribution is -0.130. The first-order valence-electron chi connectivity index (χ1n) is 22.6. The minimum atomic E-state index is -0.346. The second-order valence-electron chi connectivity index (χ2n) is 18.9. The summed E-state index contributed by atoms with van der Waals surface area (Å²) in [6.45, 7) is 17.7. The van der Waals surface area contributed by atoms with Gasteiger partial charge in [0, 0.05) is 86.2 Å². The summed E-state index contributed by atoms with van der Waals surface area (Å²) in [7, 11) is 1.64. The van der Waals surface area contributed by atoms with Crippen LogP contribution in [0.5, 0.6) is 5.75 Å². The number of aromatic nitrogens is 3. The van der Waals surface area contributed by atoms with Crippen LogP contribution in [0.2, 0.25) is 0 Å². The molecule has 1 saturated heterocycles. The second kappa shape index (κ2) is 18.2. The number of hydrogen-bond donors (Lipinski definition) is 3. The van der Waals surface area contributed by atoms with E-state index in [-0.39, 0.29) is 34.3 Å². The zero-order valence-electron chi connectivity index (χ0n) is 37.2. The summed E-state index contributed by atoms with van der Waals surface area (Å²) in [4.78, 5) is 52.9. The number of benzene rings is 2. The molecule has 330 valence electrons. The minimum Gasteiger partial charge on any atom is -0.494 e. The number of rotatable bonds is 17. The Morgan fingerprint density at radius 3 is 2.42 bits per heavy atom. The lowest BCUT2D eigenvalue weighted by Gasteiger charge is -2.56. The van der Waals surface area contributed by atoms with Crippen molar-refractivity contribution in [2.24, 2.45) is 28.6 Å². The fourth-order valence-electron chi connectivity index (χ4n) is 11.1. The number of carbonyl (C=O) groups excluding carboxylic acids is 2. The van der Waals surface area contributed by atoms with Gasteiger partial charge in [0.1, 0.15) is 5.75 Å². The Morgan fingerprint density at radius 1 is 1.02 bits per heavy atom. The average molecular weight is 845 g/mol. The Balaban J connectivity index is 0.837. The van der Waals surface area contributed by atoms with Crippen LogP contribution >= 0.6 is 0 Å². The van der Waals surface area contributed by atoms with E-state index in [1.807, 2.05) is 19.1 Å². The van der Waals surface area contributed by atoms with Crippen LogP contribution in [-0.2, 0) is 14.3 Å². The average Bonchev–Trinajstić information content (AvgIpc) is 3.25. The molecular weight excluding hydrogens is 781 g/mol. The number of nitrogens with zero attached hydrogens (tertiary/aromatic N) is 5. The molecule has 62 heavy (non-hydrogen) atoms. The number of hydrogen-bond acceptors (Lipinski definition) is 10. The quantitative estimate of drug-likeness (QED) is 0.0909. The van der Waals surface area contributed by atoms with Gasteiger partial charge in [-0.15, -0.1) is 0 Å². The van der Waals surface area contributed by atoms with Crippen LogP contribution < -0.4 is 31.1 Å². The third-order valence-corrected chi connectivity index (χ3v) is 14.6. The molecule has 4 saturated carbocycles. The first-order valence-corrected chi connectivity index (χ1v) is 22.6. The first-order chi connectivity index (χ1) is 29.9. The van der Waals surface area contributed by atoms with Gasteiger partial charge >= 0.3 is 0 Å². The highest BCUT2D eigenvalue weighted by Crippen LogP contribution is 2.61. The molecule has 13 nitrogen and oxygen atoms in total. The SMILES string of the molecule is C=CC(=O)Nc1cccc(-n2c(=O)cc(C)c3cnc(Nc4ccc(N5CCN(CCOC(C)C(C)(CC)CNC(=O)CC67CC8CC(CC(C8)C6)C7)CC5)cc4OC)nc32)c1. The number of anilines is 4. The van der Waals surface area contributed by atoms with E-state index < -0.39 is 0 Å². The van der Waals surface area contributed by atoms with Gasteiger partial charge in [0.05, 0.1) is 31.2 Å². The number of methoxy groups -OCH3 is 1. The van der Waals surface area contributed by atoms with Crippen LogP contribution in [0.25, 0.3) is 16.7 Å². The van der Waals surface area contributed by atoms with Crippen LogP contribution in [-0.4, -0.2) is 90.3 Å². The lowest BCUT2D eigenvalue weighted by atomic mass is 9.49. The van der Waals surface area contributed by atoms with Crippen molar-refractivity contribution in [2.45, 2.75) is 85.2 Å². The molecule has 5 aliphatic rings. The van der Waals surface area contributed by atoms with Gasteiger partial charge in [0.2, 0.25) is 17.8 Å². The fraction of sp³-hybridized carbons (Fsp3) is 0.531. The number of piperazine rings is 1. The predicted octanol–water partition coefficient (Wildman–Crippen LogP) is 7.63. The summed E-state index contributed by atoms with van der Waals surface area (Å²) in [5.41, 5.74) is 3.89. The number of aryl methyl sites for hydroxylation is 1. The van der Waals surface area contributed by atoms with Gasteiger partial charge in [0.15, 0.2) is 5.65 Å². The van der Waals surface area contributed by atoms with Crippen LogP contribution in [0.1, 0.15) is 77.7 Å². The molecular formula is C49H64N8O5. The number of amides is 2. The molecule has 1 aliphatic heterocycles. The summed E-state index contributed by atoms with van der Waals surface area (Å²) in [6.07, 6.45) is 12.6. The van der Waals surface area contributed by atoms with E-state index in [1.54, 1.807) is 43.6 Å². The monoisotopic (exact) mass is 844 g/mol. The van der Waals surface area contributed by atoms with Crippen molar-refractivity contribution in [1.29, 1.82) is 0 Å². The topological polar surface area (TPSA) is 143 Å². The van der Waals surface area contributed by atoms with E-state index in [9.17, 15) is 14.4 Å². The summed E-state index contributed by atoms with van der Waals surface area (Å²) in [5.74, 6) is 3.42. The highest BCUT2D eigenvalue weighted by atomic mass is 16.5. The zero-order valence-corrected chi connectivity index (χ0v) is 37.2. The van der Waals surface area contributed by atoms with Gasteiger partial charge in [-0.1, -0.05) is 26.5 Å². The van der Waals surface area contributed by atoms with E-state index in [2.05, 4.69) is 64.2 Å². The van der Waals surface area contributed by atoms with Crippen molar-refractivity contribution in [3.05, 3.63) is 83.3 Å². The number of ether oxygens (including phenoxy) is 2. The molecule has 0 spiro atoms. The maximum Gasteiger partial charge on any atom is 0.257 e. The standard InChI is InChI=1S/C49H64N8O5/c1-7-43(58)52-37-10-9-11-39(24-37)57-45(60)20-32(3)40-30-50-47(54-46(40)57)53-41-13-12-38(25-42(41)61-6)56-16-14-55(15-17-56)18-19-62-33(4)48(5,8-2)31-51-44(59)29-49-26-34-21-35(27-49)23-36(22-34)28-49/h7,9-13,20,24-25,30,33-36H,1,8,14-19,21-23,26-29,31H2,2-6H3,(H,51,59)(H,52,58)(H,50,53,54). The van der Waals surface area contributed by atoms with Crippen molar-refractivity contribution in [1.82, 2.24) is 24.8 Å². The third kappa shape index (κ3) is 9.39. The van der Waals surface area contributed by atoms with Crippen molar-refractivity contribution in [3.8, 4) is 11.4 Å². The van der Waals surface area contributed by atoms with E-state index in [1.165, 1.54) is 49.2 Å². The van der Waals surface area contributed by atoms with Crippen molar-refractivity contribution < 1.29 is 19.1 Å². The smallest absolute Gasteiger partial charge is 0.257 e. The van der Waals surface area contributed by atoms with Crippen LogP contribution in [0.3, 0.4) is 0 Å². The Kier molecular flexibility index (Phi) is 12.7. The molecule has 3 heterocycles. The van der Waals surface area contributed by atoms with Crippen LogP contribution in [0.4, 0.5) is 23.0 Å². The van der Waals surface area contributed by atoms with Crippen molar-refractivity contribution >= 4 is 45.9 Å². The van der Waals surface area contributed by atoms with E-state index in [0.29, 0.717) is 54.0 Å². The third-order valence-electron chi connectivity index (χ3n) is 14.6. The largest absolute Gasteiger partial charge is 0.494 e. The van der Waals surface area contributed by atoms with E-state index in [4.69, 9.17) is 14.5 Å². The number of fused-ring (bicyclic) bond motifs is 1. The van der Waals surface area contributed by atoms with Crippen molar-refractivity contribution in [2.75, 3.05) is 68.5 Å². The Hall–Kier alpha value is -5.27. The summed E-state index contributed by atoms with van der Waals surface area (Å²) < 4.78 is 13.8. The Bertz CT molecular complexity index is 2320. The summed E-state index contributed by atoms with van der Waals surface area (Å²) >= 11 is 0. The van der Waals surface area contributed by atoms with Crippen LogP contribution in [0.15, 0.2) is 72.2 Å². The predicted molar refractivity (Wildman–Crippen MR) is 246 cm³/mol. The molecule has 2 atom stereocenters. The Morgan fingerprint density at radius 2 is 1.74 bits per heavy atom. The highest BCUT2D eigenvalue weighted by molar-refractivity contribution is 5.99. The molecule has 2 aromatic carbocycles. The van der Waals surface area contributed by atoms with Gasteiger partial charge in [-0.2, -0.15) is 4.98 Å². The normalized spacial score (nSPS) is 23.4. The summed E-state index contributed by atoms with van der Waals surface area (Å²) in [5, 5.41) is 10.1. The van der Waals surface area contributed by atoms with Gasteiger partial charge in [-0.25, -0.2) is 4.98 Å². The van der Waals surface area contributed by atoms with Crippen LogP contribution in [0, 0.1) is 35.5 Å². The number of carbonyl (C=O) groups is 2. The molecule has 2 unspecified atom stereocenters. The number of pyridine rings is 1. The molecule has 0 radical (unpaired) electrons. The molecule has 4 aromatic rings. The molecule has 2 aromatic heterocycles. The zero-order chi connectivity index (χ0) is 43.6. The fourth-order valence-corrected chi connectivity index (χ4v) is 11.1. The Labute approximate surface area is 365 Å². The first kappa shape index (κ1) is 43.4. The molecule has 9 rings (SSSR count). The van der Waals surface area contributed by atoms with Gasteiger partial charge < -0.3 is 30.3 Å². The molecule has 5 fully saturated rings. The maximum atomic E-state index is 13.4. The second-order valence-corrected chi connectivity index (χ2v) is 18.9. The van der Waals surface area contributed by atoms with Gasteiger partial charge in [0.25, 0.3) is 5.56 Å². The molecule has 3 N–H and O–H groups in total. The summed E-state index contributed by atoms with van der Waals surface area (Å²) in [6, 6.07) is 14.6. The molecule has 4 aliphatic carbocycles. The van der Waals surface area contributed by atoms with E-state index >= 15 is 0 Å². The van der Waals surface area contributed by atoms with Gasteiger partial charge in [-0.3, -0.25) is 23.9 Å².